The van der Waals surface area contributed by atoms with Crippen LogP contribution in [0.15, 0.2) is 18.2 Å². The summed E-state index contributed by atoms with van der Waals surface area (Å²) in [5.41, 5.74) is -0.775. The predicted molar refractivity (Wildman–Crippen MR) is 88.2 cm³/mol. The monoisotopic (exact) mass is 360 g/mol. The highest BCUT2D eigenvalue weighted by molar-refractivity contribution is 6.31. The van der Waals surface area contributed by atoms with Crippen molar-refractivity contribution in [2.45, 2.75) is 32.9 Å². The van der Waals surface area contributed by atoms with Gasteiger partial charge in [0.05, 0.1) is 11.6 Å². The van der Waals surface area contributed by atoms with E-state index in [0.717, 1.165) is 6.07 Å². The van der Waals surface area contributed by atoms with Crippen molar-refractivity contribution in [3.05, 3.63) is 34.6 Å². The molecule has 8 heteroatoms. The molecule has 0 radical (unpaired) electrons. The van der Waals surface area contributed by atoms with Gasteiger partial charge in [-0.15, -0.1) is 0 Å². The van der Waals surface area contributed by atoms with E-state index in [0.29, 0.717) is 0 Å². The lowest BCUT2D eigenvalue weighted by atomic mass is 9.87. The minimum absolute atomic E-state index is 0.0814. The van der Waals surface area contributed by atoms with Gasteiger partial charge in [0.2, 0.25) is 5.91 Å². The Labute approximate surface area is 145 Å². The van der Waals surface area contributed by atoms with E-state index >= 15 is 0 Å². The summed E-state index contributed by atoms with van der Waals surface area (Å²) in [7, 11) is 0. The molecule has 0 heterocycles. The molecule has 0 fully saturated rings. The van der Waals surface area contributed by atoms with E-state index < -0.39 is 35.2 Å². The maximum atomic E-state index is 13.1. The molecule has 4 N–H and O–H groups in total. The third-order valence-corrected chi connectivity index (χ3v) is 3.83. The van der Waals surface area contributed by atoms with Gasteiger partial charge < -0.3 is 20.8 Å². The van der Waals surface area contributed by atoms with Gasteiger partial charge in [0.15, 0.2) is 0 Å². The van der Waals surface area contributed by atoms with Gasteiger partial charge in [-0.25, -0.2) is 4.39 Å². The molecule has 0 aromatic heterocycles. The Kier molecular flexibility index (Phi) is 7.13. The van der Waals surface area contributed by atoms with E-state index in [2.05, 4.69) is 10.6 Å². The van der Waals surface area contributed by atoms with Gasteiger partial charge in [0, 0.05) is 23.6 Å². The predicted octanol–water partition coefficient (Wildman–Crippen LogP) is 1.09. The molecule has 0 bridgehead atoms. The summed E-state index contributed by atoms with van der Waals surface area (Å²) < 4.78 is 13.1. The van der Waals surface area contributed by atoms with Crippen LogP contribution in [-0.2, 0) is 4.79 Å². The number of carbonyl (C=O) groups is 2. The van der Waals surface area contributed by atoms with Crippen LogP contribution in [0.1, 0.15) is 31.1 Å². The topological polar surface area (TPSA) is 98.7 Å². The van der Waals surface area contributed by atoms with Crippen LogP contribution in [0.4, 0.5) is 4.39 Å². The fourth-order valence-electron chi connectivity index (χ4n) is 1.79. The van der Waals surface area contributed by atoms with E-state index in [1.165, 1.54) is 12.1 Å². The van der Waals surface area contributed by atoms with Crippen LogP contribution in [0.3, 0.4) is 0 Å². The van der Waals surface area contributed by atoms with Crippen molar-refractivity contribution in [1.82, 2.24) is 10.6 Å². The first-order chi connectivity index (χ1) is 11.1. The number of nitrogens with one attached hydrogen (secondary N) is 2. The number of aliphatic hydroxyl groups is 2. The molecule has 1 aromatic carbocycles. The van der Waals surface area contributed by atoms with Crippen LogP contribution in [0.25, 0.3) is 0 Å². The summed E-state index contributed by atoms with van der Waals surface area (Å²) in [4.78, 5) is 23.9. The standard InChI is InChI=1S/C16H22ClFN2O4/c1-9(7-19-15(24)13(22)16(2,3)8-21)20-14(23)10-4-5-12(18)11(17)6-10/h4-6,9,13,21-22H,7-8H2,1-3H3,(H,19,24)(H,20,23)/t9-,13?/m0/s1. The molecular formula is C16H22ClFN2O4. The number of hydrogen-bond acceptors (Lipinski definition) is 4. The zero-order valence-electron chi connectivity index (χ0n) is 13.8. The number of halogens is 2. The highest BCUT2D eigenvalue weighted by Crippen LogP contribution is 2.19. The summed E-state index contributed by atoms with van der Waals surface area (Å²) in [6, 6.07) is 3.17. The zero-order chi connectivity index (χ0) is 18.5. The molecule has 134 valence electrons. The average Bonchev–Trinajstić information content (AvgIpc) is 2.54. The molecule has 6 nitrogen and oxygen atoms in total. The molecule has 0 aliphatic heterocycles. The van der Waals surface area contributed by atoms with Gasteiger partial charge in [-0.2, -0.15) is 0 Å². The maximum Gasteiger partial charge on any atom is 0.251 e. The molecule has 2 amide bonds. The summed E-state index contributed by atoms with van der Waals surface area (Å²) >= 11 is 5.63. The third kappa shape index (κ3) is 5.43. The number of rotatable bonds is 7. The van der Waals surface area contributed by atoms with E-state index in [-0.39, 0.29) is 23.7 Å². The molecule has 0 saturated carbocycles. The summed E-state index contributed by atoms with van der Waals surface area (Å²) in [6.45, 7) is 4.51. The molecule has 0 saturated heterocycles. The first-order valence-electron chi connectivity index (χ1n) is 7.41. The Balaban J connectivity index is 2.54. The smallest absolute Gasteiger partial charge is 0.251 e. The second-order valence-corrected chi connectivity index (χ2v) is 6.70. The number of benzene rings is 1. The second kappa shape index (κ2) is 8.41. The van der Waals surface area contributed by atoms with Gasteiger partial charge >= 0.3 is 0 Å². The lowest BCUT2D eigenvalue weighted by molar-refractivity contribution is -0.137. The number of carbonyl (C=O) groups excluding carboxylic acids is 2. The van der Waals surface area contributed by atoms with Gasteiger partial charge in [0.25, 0.3) is 5.91 Å². The van der Waals surface area contributed by atoms with Crippen LogP contribution in [0.2, 0.25) is 5.02 Å². The van der Waals surface area contributed by atoms with E-state index in [1.807, 2.05) is 0 Å². The van der Waals surface area contributed by atoms with Crippen molar-refractivity contribution in [3.63, 3.8) is 0 Å². The van der Waals surface area contributed by atoms with Gasteiger partial charge in [-0.1, -0.05) is 25.4 Å². The van der Waals surface area contributed by atoms with Gasteiger partial charge in [-0.3, -0.25) is 9.59 Å². The SMILES string of the molecule is C[C@@H](CNC(=O)C(O)C(C)(C)CO)NC(=O)c1ccc(F)c(Cl)c1. The molecule has 0 spiro atoms. The van der Waals surface area contributed by atoms with Crippen molar-refractivity contribution in [2.24, 2.45) is 5.41 Å². The zero-order valence-corrected chi connectivity index (χ0v) is 14.5. The number of hydrogen-bond donors (Lipinski definition) is 4. The lowest BCUT2D eigenvalue weighted by Crippen LogP contribution is -2.49. The van der Waals surface area contributed by atoms with Crippen molar-refractivity contribution >= 4 is 23.4 Å². The minimum Gasteiger partial charge on any atom is -0.396 e. The fourth-order valence-corrected chi connectivity index (χ4v) is 1.97. The quantitative estimate of drug-likeness (QED) is 0.585. The first kappa shape index (κ1) is 20.3. The normalized spacial score (nSPS) is 14.0. The third-order valence-electron chi connectivity index (χ3n) is 3.54. The summed E-state index contributed by atoms with van der Waals surface area (Å²) in [6.07, 6.45) is -1.37. The number of aliphatic hydroxyl groups excluding tert-OH is 2. The Morgan fingerprint density at radius 1 is 1.38 bits per heavy atom. The molecule has 0 aliphatic rings. The fraction of sp³-hybridized carbons (Fsp3) is 0.500. The van der Waals surface area contributed by atoms with Crippen LogP contribution in [-0.4, -0.2) is 47.3 Å². The van der Waals surface area contributed by atoms with Crippen molar-refractivity contribution in [2.75, 3.05) is 13.2 Å². The van der Waals surface area contributed by atoms with Crippen molar-refractivity contribution in [1.29, 1.82) is 0 Å². The molecular weight excluding hydrogens is 339 g/mol. The lowest BCUT2D eigenvalue weighted by Gasteiger charge is -2.27. The second-order valence-electron chi connectivity index (χ2n) is 6.30. The van der Waals surface area contributed by atoms with Crippen LogP contribution in [0, 0.1) is 11.2 Å². The molecule has 1 unspecified atom stereocenters. The molecule has 1 aromatic rings. The van der Waals surface area contributed by atoms with Crippen molar-refractivity contribution in [3.8, 4) is 0 Å². The Bertz CT molecular complexity index is 610. The largest absolute Gasteiger partial charge is 0.396 e. The average molecular weight is 361 g/mol. The molecule has 1 rings (SSSR count). The number of amides is 2. The van der Waals surface area contributed by atoms with E-state index in [1.54, 1.807) is 20.8 Å². The summed E-state index contributed by atoms with van der Waals surface area (Å²) in [5.74, 6) is -1.72. The minimum atomic E-state index is -1.37. The van der Waals surface area contributed by atoms with Gasteiger partial charge in [0.1, 0.15) is 11.9 Å². The van der Waals surface area contributed by atoms with Crippen molar-refractivity contribution < 1.29 is 24.2 Å². The highest BCUT2D eigenvalue weighted by atomic mass is 35.5. The molecule has 24 heavy (non-hydrogen) atoms. The first-order valence-corrected chi connectivity index (χ1v) is 7.79. The highest BCUT2D eigenvalue weighted by Gasteiger charge is 2.32. The van der Waals surface area contributed by atoms with E-state index in [4.69, 9.17) is 16.7 Å². The van der Waals surface area contributed by atoms with Crippen LogP contribution >= 0.6 is 11.6 Å². The van der Waals surface area contributed by atoms with E-state index in [9.17, 15) is 19.1 Å². The van der Waals surface area contributed by atoms with Crippen LogP contribution in [0.5, 0.6) is 0 Å². The Morgan fingerprint density at radius 3 is 2.54 bits per heavy atom. The molecule has 2 atom stereocenters. The maximum absolute atomic E-state index is 13.1. The Hall–Kier alpha value is -1.70. The van der Waals surface area contributed by atoms with Crippen LogP contribution < -0.4 is 10.6 Å². The molecule has 0 aliphatic carbocycles. The van der Waals surface area contributed by atoms with Gasteiger partial charge in [-0.05, 0) is 25.1 Å². The summed E-state index contributed by atoms with van der Waals surface area (Å²) in [5, 5.41) is 24.0. The Morgan fingerprint density at radius 2 is 2.00 bits per heavy atom.